The lowest BCUT2D eigenvalue weighted by molar-refractivity contribution is -0.0498. The maximum atomic E-state index is 13.0. The number of hydrogen-bond donors (Lipinski definition) is 0. The van der Waals surface area contributed by atoms with Crippen molar-refractivity contribution >= 4 is 23.5 Å². The third kappa shape index (κ3) is 5.56. The SMILES string of the molecule is CCc1cccc(-n2c(SC(C)C(=O)c3ccc(OC(F)F)cc3)nnc2N2CCOCC2)c1. The molecule has 3 aromatic rings. The summed E-state index contributed by atoms with van der Waals surface area (Å²) in [5.74, 6) is 0.586. The van der Waals surface area contributed by atoms with Gasteiger partial charge in [-0.3, -0.25) is 9.36 Å². The van der Waals surface area contributed by atoms with Crippen LogP contribution < -0.4 is 9.64 Å². The first-order chi connectivity index (χ1) is 16.5. The van der Waals surface area contributed by atoms with Gasteiger partial charge in [0.2, 0.25) is 5.95 Å². The number of hydrogen-bond acceptors (Lipinski definition) is 7. The first kappa shape index (κ1) is 24.2. The smallest absolute Gasteiger partial charge is 0.387 e. The fourth-order valence-electron chi connectivity index (χ4n) is 3.70. The number of nitrogens with zero attached hydrogens (tertiary/aromatic N) is 4. The van der Waals surface area contributed by atoms with Crippen molar-refractivity contribution < 1.29 is 23.0 Å². The van der Waals surface area contributed by atoms with E-state index in [4.69, 9.17) is 4.74 Å². The molecule has 0 saturated carbocycles. The Morgan fingerprint density at radius 1 is 1.15 bits per heavy atom. The summed E-state index contributed by atoms with van der Waals surface area (Å²) in [7, 11) is 0. The van der Waals surface area contributed by atoms with E-state index in [1.165, 1.54) is 41.6 Å². The van der Waals surface area contributed by atoms with Gasteiger partial charge in [0.15, 0.2) is 10.9 Å². The maximum absolute atomic E-state index is 13.0. The van der Waals surface area contributed by atoms with Crippen LogP contribution in [0.4, 0.5) is 14.7 Å². The number of ketones is 1. The molecule has 7 nitrogen and oxygen atoms in total. The van der Waals surface area contributed by atoms with Gasteiger partial charge in [-0.15, -0.1) is 10.2 Å². The van der Waals surface area contributed by atoms with Crippen LogP contribution >= 0.6 is 11.8 Å². The fourth-order valence-corrected chi connectivity index (χ4v) is 4.63. The van der Waals surface area contributed by atoms with Crippen molar-refractivity contribution in [3.63, 3.8) is 0 Å². The van der Waals surface area contributed by atoms with Crippen LogP contribution in [-0.2, 0) is 11.2 Å². The van der Waals surface area contributed by atoms with Gasteiger partial charge in [0, 0.05) is 18.7 Å². The second kappa shape index (κ2) is 11.0. The van der Waals surface area contributed by atoms with Crippen molar-refractivity contribution in [2.24, 2.45) is 0 Å². The number of carbonyl (C=O) groups excluding carboxylic acids is 1. The van der Waals surface area contributed by atoms with Crippen molar-refractivity contribution in [3.05, 3.63) is 59.7 Å². The van der Waals surface area contributed by atoms with Gasteiger partial charge in [0.25, 0.3) is 0 Å². The van der Waals surface area contributed by atoms with Crippen LogP contribution in [0.15, 0.2) is 53.7 Å². The van der Waals surface area contributed by atoms with E-state index in [1.54, 1.807) is 6.92 Å². The van der Waals surface area contributed by atoms with E-state index in [2.05, 4.69) is 38.9 Å². The van der Waals surface area contributed by atoms with Crippen LogP contribution in [0.2, 0.25) is 0 Å². The highest BCUT2D eigenvalue weighted by Crippen LogP contribution is 2.31. The quantitative estimate of drug-likeness (QED) is 0.321. The third-order valence-electron chi connectivity index (χ3n) is 5.50. The van der Waals surface area contributed by atoms with Crippen molar-refractivity contribution in [2.45, 2.75) is 37.3 Å². The molecule has 1 aromatic heterocycles. The molecule has 1 aliphatic heterocycles. The molecule has 0 amide bonds. The Hall–Kier alpha value is -2.98. The number of morpholine rings is 1. The molecular formula is C24H26F2N4O3S. The maximum Gasteiger partial charge on any atom is 0.387 e. The molecule has 1 fully saturated rings. The zero-order valence-corrected chi connectivity index (χ0v) is 19.8. The summed E-state index contributed by atoms with van der Waals surface area (Å²) in [6.07, 6.45) is 0.894. The number of benzene rings is 2. The molecule has 4 rings (SSSR count). The summed E-state index contributed by atoms with van der Waals surface area (Å²) in [5, 5.41) is 9.01. The van der Waals surface area contributed by atoms with E-state index in [9.17, 15) is 13.6 Å². The topological polar surface area (TPSA) is 69.5 Å². The van der Waals surface area contributed by atoms with E-state index in [1.807, 2.05) is 16.7 Å². The highest BCUT2D eigenvalue weighted by molar-refractivity contribution is 8.00. The minimum Gasteiger partial charge on any atom is -0.435 e. The molecular weight excluding hydrogens is 462 g/mol. The summed E-state index contributed by atoms with van der Waals surface area (Å²) < 4.78 is 36.6. The number of anilines is 1. The predicted molar refractivity (Wildman–Crippen MR) is 126 cm³/mol. The summed E-state index contributed by atoms with van der Waals surface area (Å²) in [6, 6.07) is 13.9. The minimum absolute atomic E-state index is 0.0116. The van der Waals surface area contributed by atoms with Gasteiger partial charge in [-0.05, 0) is 55.3 Å². The number of rotatable bonds is 9. The fraction of sp³-hybridized carbons (Fsp3) is 0.375. The van der Waals surface area contributed by atoms with Crippen LogP contribution in [0, 0.1) is 0 Å². The number of thioether (sulfide) groups is 1. The second-order valence-corrected chi connectivity index (χ2v) is 9.08. The molecule has 1 saturated heterocycles. The molecule has 10 heteroatoms. The first-order valence-electron chi connectivity index (χ1n) is 11.1. The number of halogens is 2. The molecule has 0 spiro atoms. The highest BCUT2D eigenvalue weighted by atomic mass is 32.2. The van der Waals surface area contributed by atoms with Crippen LogP contribution in [0.3, 0.4) is 0 Å². The second-order valence-electron chi connectivity index (χ2n) is 7.77. The summed E-state index contributed by atoms with van der Waals surface area (Å²) in [6.45, 7) is 3.63. The zero-order chi connectivity index (χ0) is 24.1. The number of alkyl halides is 2. The van der Waals surface area contributed by atoms with E-state index >= 15 is 0 Å². The third-order valence-corrected chi connectivity index (χ3v) is 6.55. The van der Waals surface area contributed by atoms with Gasteiger partial charge >= 0.3 is 6.61 Å². The Bertz CT molecular complexity index is 1120. The van der Waals surface area contributed by atoms with Crippen LogP contribution in [0.1, 0.15) is 29.8 Å². The van der Waals surface area contributed by atoms with Gasteiger partial charge in [0.1, 0.15) is 5.75 Å². The molecule has 2 heterocycles. The molecule has 1 aliphatic rings. The minimum atomic E-state index is -2.91. The molecule has 1 atom stereocenters. The lowest BCUT2D eigenvalue weighted by atomic mass is 10.1. The summed E-state index contributed by atoms with van der Waals surface area (Å²) in [5.41, 5.74) is 2.53. The Kier molecular flexibility index (Phi) is 7.79. The van der Waals surface area contributed by atoms with Gasteiger partial charge in [0.05, 0.1) is 24.2 Å². The lowest BCUT2D eigenvalue weighted by Gasteiger charge is -2.28. The molecule has 0 bridgehead atoms. The molecule has 0 aliphatic carbocycles. The largest absolute Gasteiger partial charge is 0.435 e. The van der Waals surface area contributed by atoms with Gasteiger partial charge < -0.3 is 14.4 Å². The average molecular weight is 489 g/mol. The van der Waals surface area contributed by atoms with E-state index in [0.29, 0.717) is 43.0 Å². The van der Waals surface area contributed by atoms with E-state index < -0.39 is 11.9 Å². The van der Waals surface area contributed by atoms with E-state index in [-0.39, 0.29) is 11.5 Å². The molecule has 1 unspecified atom stereocenters. The molecule has 2 aromatic carbocycles. The Labute approximate surface area is 201 Å². The van der Waals surface area contributed by atoms with Crippen molar-refractivity contribution in [2.75, 3.05) is 31.2 Å². The number of carbonyl (C=O) groups is 1. The number of ether oxygens (including phenoxy) is 2. The van der Waals surface area contributed by atoms with Crippen LogP contribution in [-0.4, -0.2) is 58.7 Å². The molecule has 0 radical (unpaired) electrons. The summed E-state index contributed by atoms with van der Waals surface area (Å²) >= 11 is 1.31. The lowest BCUT2D eigenvalue weighted by Crippen LogP contribution is -2.37. The first-order valence-corrected chi connectivity index (χ1v) is 12.0. The van der Waals surface area contributed by atoms with Crippen LogP contribution in [0.5, 0.6) is 5.75 Å². The zero-order valence-electron chi connectivity index (χ0n) is 19.0. The van der Waals surface area contributed by atoms with Crippen molar-refractivity contribution in [3.8, 4) is 11.4 Å². The van der Waals surface area contributed by atoms with E-state index in [0.717, 1.165) is 12.1 Å². The number of aryl methyl sites for hydroxylation is 1. The molecule has 0 N–H and O–H groups in total. The average Bonchev–Trinajstić information content (AvgIpc) is 3.27. The Morgan fingerprint density at radius 2 is 1.88 bits per heavy atom. The standard InChI is InChI=1S/C24H26F2N4O3S/c1-3-17-5-4-6-19(15-17)30-23(29-11-13-32-14-12-29)27-28-24(30)34-16(2)21(31)18-7-9-20(10-8-18)33-22(25)26/h4-10,15-16,22H,3,11-14H2,1-2H3. The van der Waals surface area contributed by atoms with Crippen LogP contribution in [0.25, 0.3) is 5.69 Å². The normalized spacial score (nSPS) is 14.9. The van der Waals surface area contributed by atoms with Gasteiger partial charge in [-0.25, -0.2) is 0 Å². The number of aromatic nitrogens is 3. The summed E-state index contributed by atoms with van der Waals surface area (Å²) in [4.78, 5) is 15.2. The molecule has 34 heavy (non-hydrogen) atoms. The molecule has 180 valence electrons. The Balaban J connectivity index is 1.60. The van der Waals surface area contributed by atoms with Crippen molar-refractivity contribution in [1.29, 1.82) is 0 Å². The predicted octanol–water partition coefficient (Wildman–Crippen LogP) is 4.63. The highest BCUT2D eigenvalue weighted by Gasteiger charge is 2.25. The number of Topliss-reactive ketones (excluding diaryl/α,β-unsaturated/α-hetero) is 1. The Morgan fingerprint density at radius 3 is 2.56 bits per heavy atom. The monoisotopic (exact) mass is 488 g/mol. The van der Waals surface area contributed by atoms with Gasteiger partial charge in [-0.1, -0.05) is 30.8 Å². The van der Waals surface area contributed by atoms with Crippen molar-refractivity contribution in [1.82, 2.24) is 14.8 Å². The van der Waals surface area contributed by atoms with Gasteiger partial charge in [-0.2, -0.15) is 8.78 Å².